The largest absolute Gasteiger partial charge is 0.366 e. The Kier molecular flexibility index (Phi) is 9.45. The number of likely N-dealkylation sites (N-methyl/N-ethyl adjacent to an activating group) is 1. The molecule has 2 amide bonds. The van der Waals surface area contributed by atoms with Gasteiger partial charge in [-0.1, -0.05) is 38.1 Å². The highest BCUT2D eigenvalue weighted by molar-refractivity contribution is 5.93. The van der Waals surface area contributed by atoms with Crippen molar-refractivity contribution in [1.29, 1.82) is 0 Å². The molecule has 0 saturated heterocycles. The van der Waals surface area contributed by atoms with Gasteiger partial charge >= 0.3 is 0 Å². The number of primary amides is 1. The summed E-state index contributed by atoms with van der Waals surface area (Å²) in [6, 6.07) is 12.3. The van der Waals surface area contributed by atoms with Crippen molar-refractivity contribution < 1.29 is 9.59 Å². The molecule has 0 fully saturated rings. The minimum absolute atomic E-state index is 0.0775. The quantitative estimate of drug-likeness (QED) is 0.561. The van der Waals surface area contributed by atoms with E-state index >= 15 is 0 Å². The number of hydrogen-bond acceptors (Lipinski definition) is 3. The van der Waals surface area contributed by atoms with Crippen LogP contribution in [0.15, 0.2) is 36.4 Å². The van der Waals surface area contributed by atoms with Crippen LogP contribution in [0.5, 0.6) is 0 Å². The maximum absolute atomic E-state index is 12.6. The molecule has 2 aromatic rings. The Morgan fingerprint density at radius 1 is 1.00 bits per heavy atom. The Morgan fingerprint density at radius 3 is 2.12 bits per heavy atom. The third-order valence-corrected chi connectivity index (χ3v) is 6.05. The van der Waals surface area contributed by atoms with E-state index < -0.39 is 5.91 Å². The molecule has 174 valence electrons. The van der Waals surface area contributed by atoms with Crippen LogP contribution in [0, 0.1) is 19.8 Å². The molecule has 0 aliphatic rings. The predicted molar refractivity (Wildman–Crippen MR) is 132 cm³/mol. The van der Waals surface area contributed by atoms with E-state index in [4.69, 9.17) is 5.73 Å². The van der Waals surface area contributed by atoms with Crippen LogP contribution in [0.4, 0.5) is 0 Å². The Bertz CT molecular complexity index is 911. The first-order chi connectivity index (χ1) is 15.1. The molecule has 5 nitrogen and oxygen atoms in total. The van der Waals surface area contributed by atoms with E-state index in [1.165, 1.54) is 16.7 Å². The minimum atomic E-state index is -0.408. The molecule has 0 aliphatic heterocycles. The number of rotatable bonds is 11. The van der Waals surface area contributed by atoms with Crippen LogP contribution in [0.3, 0.4) is 0 Å². The molecule has 2 aromatic carbocycles. The normalized spacial score (nSPS) is 12.2. The highest BCUT2D eigenvalue weighted by Crippen LogP contribution is 2.20. The molecule has 5 heteroatoms. The minimum Gasteiger partial charge on any atom is -0.366 e. The molecule has 0 bridgehead atoms. The lowest BCUT2D eigenvalue weighted by atomic mass is 9.93. The SMILES string of the molecule is Cc1cc(C(N)=O)cc(C)c1C[C@@H](CNC(=O)CCc1ccccc1CC(C)C)N(C)C. The maximum Gasteiger partial charge on any atom is 0.248 e. The van der Waals surface area contributed by atoms with Gasteiger partial charge in [0.2, 0.25) is 11.8 Å². The van der Waals surface area contributed by atoms with Crippen LogP contribution >= 0.6 is 0 Å². The predicted octanol–water partition coefficient (Wildman–Crippen LogP) is 3.82. The van der Waals surface area contributed by atoms with E-state index in [1.54, 1.807) is 0 Å². The summed E-state index contributed by atoms with van der Waals surface area (Å²) >= 11 is 0. The molecule has 1 atom stereocenters. The molecule has 2 rings (SSSR count). The zero-order chi connectivity index (χ0) is 23.8. The number of hydrogen-bond donors (Lipinski definition) is 2. The fraction of sp³-hybridized carbons (Fsp3) is 0.481. The summed E-state index contributed by atoms with van der Waals surface area (Å²) in [5.74, 6) is 0.262. The maximum atomic E-state index is 12.6. The highest BCUT2D eigenvalue weighted by atomic mass is 16.1. The van der Waals surface area contributed by atoms with Gasteiger partial charge in [0.1, 0.15) is 0 Å². The molecule has 3 N–H and O–H groups in total. The van der Waals surface area contributed by atoms with E-state index in [9.17, 15) is 9.59 Å². The number of carbonyl (C=O) groups excluding carboxylic acids is 2. The Labute approximate surface area is 193 Å². The van der Waals surface area contributed by atoms with Crippen molar-refractivity contribution in [2.75, 3.05) is 20.6 Å². The number of nitrogens with zero attached hydrogens (tertiary/aromatic N) is 1. The monoisotopic (exact) mass is 437 g/mol. The summed E-state index contributed by atoms with van der Waals surface area (Å²) in [7, 11) is 4.06. The zero-order valence-electron chi connectivity index (χ0n) is 20.5. The average molecular weight is 438 g/mol. The van der Waals surface area contributed by atoms with Gasteiger partial charge < -0.3 is 16.0 Å². The molecule has 0 saturated carbocycles. The second kappa shape index (κ2) is 11.8. The van der Waals surface area contributed by atoms with Crippen molar-refractivity contribution >= 4 is 11.8 Å². The van der Waals surface area contributed by atoms with Gasteiger partial charge in [-0.25, -0.2) is 0 Å². The lowest BCUT2D eigenvalue weighted by molar-refractivity contribution is -0.121. The van der Waals surface area contributed by atoms with E-state index in [0.29, 0.717) is 24.4 Å². The molecule has 0 heterocycles. The van der Waals surface area contributed by atoms with E-state index in [-0.39, 0.29) is 11.9 Å². The summed E-state index contributed by atoms with van der Waals surface area (Å²) in [5, 5.41) is 3.13. The Morgan fingerprint density at radius 2 is 1.59 bits per heavy atom. The van der Waals surface area contributed by atoms with Crippen LogP contribution in [-0.4, -0.2) is 43.4 Å². The first-order valence-corrected chi connectivity index (χ1v) is 11.5. The number of nitrogens with one attached hydrogen (secondary N) is 1. The van der Waals surface area contributed by atoms with Gasteiger partial charge in [-0.2, -0.15) is 0 Å². The van der Waals surface area contributed by atoms with Gasteiger partial charge in [0.25, 0.3) is 0 Å². The van der Waals surface area contributed by atoms with Gasteiger partial charge in [-0.15, -0.1) is 0 Å². The summed E-state index contributed by atoms with van der Waals surface area (Å²) in [4.78, 5) is 26.3. The summed E-state index contributed by atoms with van der Waals surface area (Å²) in [6.07, 6.45) is 3.07. The fourth-order valence-corrected chi connectivity index (χ4v) is 4.14. The highest BCUT2D eigenvalue weighted by Gasteiger charge is 2.18. The number of nitrogens with two attached hydrogens (primary N) is 1. The summed E-state index contributed by atoms with van der Waals surface area (Å²) < 4.78 is 0. The lowest BCUT2D eigenvalue weighted by Gasteiger charge is -2.26. The van der Waals surface area contributed by atoms with Gasteiger partial charge in [0.05, 0.1) is 0 Å². The Hall–Kier alpha value is -2.66. The second-order valence-corrected chi connectivity index (χ2v) is 9.45. The van der Waals surface area contributed by atoms with Crippen molar-refractivity contribution in [3.05, 3.63) is 69.8 Å². The van der Waals surface area contributed by atoms with Crippen molar-refractivity contribution in [2.45, 2.75) is 59.4 Å². The van der Waals surface area contributed by atoms with Crippen LogP contribution in [0.1, 0.15) is 58.4 Å². The third-order valence-electron chi connectivity index (χ3n) is 6.05. The third kappa shape index (κ3) is 7.49. The smallest absolute Gasteiger partial charge is 0.248 e. The van der Waals surface area contributed by atoms with Crippen molar-refractivity contribution in [3.63, 3.8) is 0 Å². The summed E-state index contributed by atoms with van der Waals surface area (Å²) in [6.45, 7) is 9.03. The van der Waals surface area contributed by atoms with Crippen LogP contribution in [-0.2, 0) is 24.1 Å². The molecule has 0 radical (unpaired) electrons. The van der Waals surface area contributed by atoms with E-state index in [0.717, 1.165) is 30.4 Å². The lowest BCUT2D eigenvalue weighted by Crippen LogP contribution is -2.42. The molecule has 0 unspecified atom stereocenters. The zero-order valence-corrected chi connectivity index (χ0v) is 20.5. The van der Waals surface area contributed by atoms with Crippen LogP contribution in [0.25, 0.3) is 0 Å². The number of aryl methyl sites for hydroxylation is 3. The Balaban J connectivity index is 1.98. The molecular formula is C27H39N3O2. The summed E-state index contributed by atoms with van der Waals surface area (Å²) in [5.41, 5.74) is 11.9. The molecular weight excluding hydrogens is 398 g/mol. The molecule has 0 spiro atoms. The van der Waals surface area contributed by atoms with Gasteiger partial charge in [-0.05, 0) is 93.1 Å². The number of amides is 2. The van der Waals surface area contributed by atoms with Crippen molar-refractivity contribution in [1.82, 2.24) is 10.2 Å². The average Bonchev–Trinajstić information content (AvgIpc) is 2.71. The second-order valence-electron chi connectivity index (χ2n) is 9.45. The van der Waals surface area contributed by atoms with Gasteiger partial charge in [0, 0.05) is 24.6 Å². The first-order valence-electron chi connectivity index (χ1n) is 11.5. The molecule has 0 aliphatic carbocycles. The van der Waals surface area contributed by atoms with Crippen LogP contribution < -0.4 is 11.1 Å². The first kappa shape index (κ1) is 25.6. The number of benzene rings is 2. The molecule has 32 heavy (non-hydrogen) atoms. The topological polar surface area (TPSA) is 75.4 Å². The van der Waals surface area contributed by atoms with E-state index in [1.807, 2.05) is 46.1 Å². The standard InChI is InChI=1S/C27H39N3O2/c1-18(2)13-22-10-8-7-9-21(22)11-12-26(31)29-17-24(30(5)6)16-25-19(3)14-23(27(28)32)15-20(25)4/h7-10,14-15,18,24H,11-13,16-17H2,1-6H3,(H2,28,32)(H,29,31)/t24-/m0/s1. The van der Waals surface area contributed by atoms with Crippen molar-refractivity contribution in [2.24, 2.45) is 11.7 Å². The molecule has 0 aromatic heterocycles. The van der Waals surface area contributed by atoms with Crippen molar-refractivity contribution in [3.8, 4) is 0 Å². The van der Waals surface area contributed by atoms with Crippen LogP contribution in [0.2, 0.25) is 0 Å². The van der Waals surface area contributed by atoms with E-state index in [2.05, 4.69) is 42.3 Å². The van der Waals surface area contributed by atoms with Gasteiger partial charge in [0.15, 0.2) is 0 Å². The number of carbonyl (C=O) groups is 2. The van der Waals surface area contributed by atoms with Gasteiger partial charge in [-0.3, -0.25) is 9.59 Å². The fourth-order valence-electron chi connectivity index (χ4n) is 4.14.